The molecule has 0 bridgehead atoms. The number of nitrogens with one attached hydrogen (secondary N) is 1. The highest BCUT2D eigenvalue weighted by atomic mass is 16.5. The number of hydrogen-bond acceptors (Lipinski definition) is 4. The summed E-state index contributed by atoms with van der Waals surface area (Å²) >= 11 is 0. The Balaban J connectivity index is 1.50. The summed E-state index contributed by atoms with van der Waals surface area (Å²) in [5, 5.41) is 4.20. The number of methoxy groups -OCH3 is 1. The average molecular weight is 469 g/mol. The lowest BCUT2D eigenvalue weighted by molar-refractivity contribution is 0.0600. The van der Waals surface area contributed by atoms with Gasteiger partial charge in [0.1, 0.15) is 0 Å². The molecular weight excluding hydrogens is 440 g/mol. The zero-order valence-electron chi connectivity index (χ0n) is 20.5. The van der Waals surface area contributed by atoms with E-state index in [1.807, 2.05) is 64.1 Å². The van der Waals surface area contributed by atoms with Crippen molar-refractivity contribution in [3.63, 3.8) is 0 Å². The van der Waals surface area contributed by atoms with Crippen molar-refractivity contribution < 1.29 is 14.3 Å². The van der Waals surface area contributed by atoms with Gasteiger partial charge < -0.3 is 13.9 Å². The number of esters is 1. The van der Waals surface area contributed by atoms with Crippen LogP contribution in [0.15, 0.2) is 71.8 Å². The zero-order chi connectivity index (χ0) is 25.1. The first kappa shape index (κ1) is 23.8. The van der Waals surface area contributed by atoms with Gasteiger partial charge in [0.15, 0.2) is 0 Å². The molecule has 4 rings (SSSR count). The SMILES string of the molecule is COC(=O)c1ccc(-n2c(C)cc(/C=N\NC(=O)c3cccc(-n4c(C)ccc4C)c3)c2C)cc1. The predicted molar refractivity (Wildman–Crippen MR) is 137 cm³/mol. The van der Waals surface area contributed by atoms with Crippen molar-refractivity contribution in [1.29, 1.82) is 0 Å². The minimum atomic E-state index is -0.370. The maximum absolute atomic E-state index is 12.7. The van der Waals surface area contributed by atoms with Crippen LogP contribution in [0.4, 0.5) is 0 Å². The van der Waals surface area contributed by atoms with Crippen LogP contribution in [0.25, 0.3) is 11.4 Å². The van der Waals surface area contributed by atoms with Gasteiger partial charge in [0.25, 0.3) is 5.91 Å². The first-order chi connectivity index (χ1) is 16.8. The van der Waals surface area contributed by atoms with Crippen molar-refractivity contribution >= 4 is 18.1 Å². The first-order valence-corrected chi connectivity index (χ1v) is 11.3. The van der Waals surface area contributed by atoms with E-state index in [1.54, 1.807) is 24.4 Å². The van der Waals surface area contributed by atoms with Crippen molar-refractivity contribution in [3.05, 3.63) is 106 Å². The lowest BCUT2D eigenvalue weighted by atomic mass is 10.2. The van der Waals surface area contributed by atoms with Gasteiger partial charge in [0.2, 0.25) is 0 Å². The molecule has 2 aromatic heterocycles. The highest BCUT2D eigenvalue weighted by molar-refractivity contribution is 5.95. The Morgan fingerprint density at radius 2 is 1.49 bits per heavy atom. The van der Waals surface area contributed by atoms with Crippen molar-refractivity contribution in [1.82, 2.24) is 14.6 Å². The Morgan fingerprint density at radius 1 is 0.800 bits per heavy atom. The molecule has 0 unspecified atom stereocenters. The second-order valence-electron chi connectivity index (χ2n) is 8.40. The highest BCUT2D eigenvalue weighted by Crippen LogP contribution is 2.21. The molecule has 178 valence electrons. The van der Waals surface area contributed by atoms with Gasteiger partial charge in [-0.05, 0) is 88.4 Å². The number of benzene rings is 2. The molecule has 7 heteroatoms. The number of carbonyl (C=O) groups is 2. The maximum atomic E-state index is 12.7. The Kier molecular flexibility index (Phi) is 6.68. The van der Waals surface area contributed by atoms with Crippen LogP contribution in [0.3, 0.4) is 0 Å². The molecule has 2 heterocycles. The summed E-state index contributed by atoms with van der Waals surface area (Å²) in [6.45, 7) is 8.05. The Hall–Kier alpha value is -4.39. The Labute approximate surface area is 204 Å². The van der Waals surface area contributed by atoms with E-state index in [1.165, 1.54) is 7.11 Å². The molecule has 0 aliphatic heterocycles. The number of nitrogens with zero attached hydrogens (tertiary/aromatic N) is 3. The normalized spacial score (nSPS) is 11.1. The van der Waals surface area contributed by atoms with Gasteiger partial charge in [-0.1, -0.05) is 6.07 Å². The van der Waals surface area contributed by atoms with Crippen LogP contribution in [0.5, 0.6) is 0 Å². The third-order valence-electron chi connectivity index (χ3n) is 6.02. The van der Waals surface area contributed by atoms with E-state index in [-0.39, 0.29) is 11.9 Å². The smallest absolute Gasteiger partial charge is 0.337 e. The van der Waals surface area contributed by atoms with E-state index < -0.39 is 0 Å². The van der Waals surface area contributed by atoms with E-state index in [0.717, 1.165) is 39.7 Å². The second-order valence-corrected chi connectivity index (χ2v) is 8.40. The zero-order valence-corrected chi connectivity index (χ0v) is 20.5. The van der Waals surface area contributed by atoms with Crippen LogP contribution in [0.2, 0.25) is 0 Å². The van der Waals surface area contributed by atoms with Crippen molar-refractivity contribution in [2.24, 2.45) is 5.10 Å². The molecule has 0 saturated heterocycles. The van der Waals surface area contributed by atoms with E-state index in [4.69, 9.17) is 4.74 Å². The molecule has 0 fully saturated rings. The molecule has 0 aliphatic rings. The second kappa shape index (κ2) is 9.85. The predicted octanol–water partition coefficient (Wildman–Crippen LogP) is 5.05. The van der Waals surface area contributed by atoms with Gasteiger partial charge in [-0.25, -0.2) is 10.2 Å². The van der Waals surface area contributed by atoms with Crippen molar-refractivity contribution in [2.45, 2.75) is 27.7 Å². The van der Waals surface area contributed by atoms with E-state index >= 15 is 0 Å². The van der Waals surface area contributed by atoms with Gasteiger partial charge >= 0.3 is 5.97 Å². The molecule has 2 aromatic carbocycles. The molecule has 1 N–H and O–H groups in total. The molecule has 1 amide bonds. The average Bonchev–Trinajstić information content (AvgIpc) is 3.35. The Bertz CT molecular complexity index is 1410. The van der Waals surface area contributed by atoms with Crippen molar-refractivity contribution in [3.8, 4) is 11.4 Å². The lowest BCUT2D eigenvalue weighted by Crippen LogP contribution is -2.18. The van der Waals surface area contributed by atoms with Crippen LogP contribution >= 0.6 is 0 Å². The van der Waals surface area contributed by atoms with E-state index in [2.05, 4.69) is 31.8 Å². The number of carbonyl (C=O) groups excluding carboxylic acids is 2. The van der Waals surface area contributed by atoms with Crippen LogP contribution in [0, 0.1) is 27.7 Å². The monoisotopic (exact) mass is 468 g/mol. The minimum absolute atomic E-state index is 0.280. The van der Waals surface area contributed by atoms with E-state index in [9.17, 15) is 9.59 Å². The lowest BCUT2D eigenvalue weighted by Gasteiger charge is -2.11. The largest absolute Gasteiger partial charge is 0.465 e. The number of hydrazone groups is 1. The number of ether oxygens (including phenoxy) is 1. The summed E-state index contributed by atoms with van der Waals surface area (Å²) in [5.41, 5.74) is 10.6. The number of amides is 1. The summed E-state index contributed by atoms with van der Waals surface area (Å²) < 4.78 is 8.93. The van der Waals surface area contributed by atoms with Gasteiger partial charge in [0, 0.05) is 45.3 Å². The van der Waals surface area contributed by atoms with Crippen LogP contribution in [0.1, 0.15) is 49.1 Å². The molecule has 7 nitrogen and oxygen atoms in total. The summed E-state index contributed by atoms with van der Waals surface area (Å²) in [5.74, 6) is -0.650. The fraction of sp³-hybridized carbons (Fsp3) is 0.179. The quantitative estimate of drug-likeness (QED) is 0.244. The van der Waals surface area contributed by atoms with Gasteiger partial charge in [-0.3, -0.25) is 4.79 Å². The minimum Gasteiger partial charge on any atom is -0.465 e. The van der Waals surface area contributed by atoms with Gasteiger partial charge in [-0.15, -0.1) is 0 Å². The molecule has 0 aliphatic carbocycles. The summed E-state index contributed by atoms with van der Waals surface area (Å²) in [6.07, 6.45) is 1.64. The fourth-order valence-corrected chi connectivity index (χ4v) is 4.27. The standard InChI is InChI=1S/C28H28N4O3/c1-18-9-10-19(2)31(18)26-8-6-7-23(16-26)27(33)30-29-17-24-15-20(3)32(21(24)4)25-13-11-22(12-14-25)28(34)35-5/h6-17H,1-5H3,(H,30,33)/b29-17-. The Morgan fingerprint density at radius 3 is 2.14 bits per heavy atom. The number of rotatable bonds is 6. The molecular formula is C28H28N4O3. The highest BCUT2D eigenvalue weighted by Gasteiger charge is 2.12. The number of aromatic nitrogens is 2. The number of hydrogen-bond donors (Lipinski definition) is 1. The molecule has 0 saturated carbocycles. The molecule has 35 heavy (non-hydrogen) atoms. The molecule has 0 radical (unpaired) electrons. The number of aryl methyl sites for hydroxylation is 3. The first-order valence-electron chi connectivity index (χ1n) is 11.3. The van der Waals surface area contributed by atoms with Gasteiger partial charge in [0.05, 0.1) is 18.9 Å². The van der Waals surface area contributed by atoms with Crippen LogP contribution in [-0.4, -0.2) is 34.3 Å². The summed E-state index contributed by atoms with van der Waals surface area (Å²) in [4.78, 5) is 24.4. The van der Waals surface area contributed by atoms with Crippen molar-refractivity contribution in [2.75, 3.05) is 7.11 Å². The van der Waals surface area contributed by atoms with Gasteiger partial charge in [-0.2, -0.15) is 5.10 Å². The fourth-order valence-electron chi connectivity index (χ4n) is 4.27. The third kappa shape index (κ3) is 4.80. The maximum Gasteiger partial charge on any atom is 0.337 e. The summed E-state index contributed by atoms with van der Waals surface area (Å²) in [7, 11) is 1.36. The topological polar surface area (TPSA) is 77.6 Å². The third-order valence-corrected chi connectivity index (χ3v) is 6.02. The summed E-state index contributed by atoms with van der Waals surface area (Å²) in [6, 6.07) is 20.8. The van der Waals surface area contributed by atoms with Crippen LogP contribution in [-0.2, 0) is 4.74 Å². The molecule has 4 aromatic rings. The van der Waals surface area contributed by atoms with Crippen LogP contribution < -0.4 is 5.43 Å². The molecule has 0 atom stereocenters. The molecule has 0 spiro atoms. The van der Waals surface area contributed by atoms with E-state index in [0.29, 0.717) is 11.1 Å².